The van der Waals surface area contributed by atoms with Crippen LogP contribution in [0.1, 0.15) is 29.3 Å². The summed E-state index contributed by atoms with van der Waals surface area (Å²) in [6.07, 6.45) is 3.12. The van der Waals surface area contributed by atoms with Crippen molar-refractivity contribution in [2.45, 2.75) is 19.8 Å². The van der Waals surface area contributed by atoms with E-state index >= 15 is 0 Å². The first kappa shape index (κ1) is 21.2. The number of benzene rings is 3. The lowest BCUT2D eigenvalue weighted by molar-refractivity contribution is -0.119. The van der Waals surface area contributed by atoms with E-state index in [1.54, 1.807) is 12.3 Å². The van der Waals surface area contributed by atoms with Crippen molar-refractivity contribution in [3.63, 3.8) is 0 Å². The van der Waals surface area contributed by atoms with E-state index < -0.39 is 5.91 Å². The molecule has 0 aliphatic carbocycles. The number of fused-ring (bicyclic) bond motifs is 1. The second-order valence-electron chi connectivity index (χ2n) is 7.82. The van der Waals surface area contributed by atoms with E-state index in [2.05, 4.69) is 10.3 Å². The van der Waals surface area contributed by atoms with E-state index in [0.29, 0.717) is 24.1 Å². The second kappa shape index (κ2) is 9.43. The molecular weight excluding hydrogens is 398 g/mol. The van der Waals surface area contributed by atoms with E-state index in [1.807, 2.05) is 79.7 Å². The lowest BCUT2D eigenvalue weighted by Crippen LogP contribution is -2.24. The molecule has 5 nitrogen and oxygen atoms in total. The molecule has 0 spiro atoms. The number of pyridine rings is 1. The Hall–Kier alpha value is -3.99. The van der Waals surface area contributed by atoms with Crippen molar-refractivity contribution in [3.8, 4) is 11.1 Å². The van der Waals surface area contributed by atoms with Gasteiger partial charge in [-0.15, -0.1) is 0 Å². The van der Waals surface area contributed by atoms with Crippen LogP contribution < -0.4 is 11.1 Å². The highest BCUT2D eigenvalue weighted by Gasteiger charge is 2.19. The van der Waals surface area contributed by atoms with Crippen molar-refractivity contribution in [2.75, 3.05) is 5.32 Å². The number of nitrogens with two attached hydrogens (primary N) is 1. The summed E-state index contributed by atoms with van der Waals surface area (Å²) >= 11 is 0. The second-order valence-corrected chi connectivity index (χ2v) is 7.82. The number of aromatic nitrogens is 1. The van der Waals surface area contributed by atoms with Crippen LogP contribution in [0, 0.1) is 5.92 Å². The van der Waals surface area contributed by atoms with Gasteiger partial charge in [-0.1, -0.05) is 55.5 Å². The maximum absolute atomic E-state index is 12.9. The Balaban J connectivity index is 1.59. The van der Waals surface area contributed by atoms with E-state index in [1.165, 1.54) is 0 Å². The van der Waals surface area contributed by atoms with Crippen molar-refractivity contribution >= 4 is 28.4 Å². The predicted molar refractivity (Wildman–Crippen MR) is 128 cm³/mol. The minimum absolute atomic E-state index is 0.0729. The number of hydrogen-bond donors (Lipinski definition) is 2. The van der Waals surface area contributed by atoms with Gasteiger partial charge >= 0.3 is 0 Å². The Kier molecular flexibility index (Phi) is 6.26. The smallest absolute Gasteiger partial charge is 0.249 e. The van der Waals surface area contributed by atoms with Gasteiger partial charge < -0.3 is 11.1 Å². The van der Waals surface area contributed by atoms with Gasteiger partial charge in [-0.2, -0.15) is 0 Å². The first-order valence-corrected chi connectivity index (χ1v) is 10.7. The molecule has 0 bridgehead atoms. The Labute approximate surface area is 187 Å². The van der Waals surface area contributed by atoms with Crippen LogP contribution in [-0.4, -0.2) is 16.8 Å². The zero-order valence-electron chi connectivity index (χ0n) is 17.9. The molecule has 1 atom stereocenters. The molecule has 1 heterocycles. The molecule has 0 fully saturated rings. The first-order valence-electron chi connectivity index (χ1n) is 10.7. The number of primary amides is 1. The maximum Gasteiger partial charge on any atom is 0.249 e. The van der Waals surface area contributed by atoms with Gasteiger partial charge in [0, 0.05) is 28.8 Å². The van der Waals surface area contributed by atoms with Crippen LogP contribution in [0.5, 0.6) is 0 Å². The molecule has 32 heavy (non-hydrogen) atoms. The average Bonchev–Trinajstić information content (AvgIpc) is 2.82. The minimum atomic E-state index is -0.543. The third-order valence-electron chi connectivity index (χ3n) is 5.66. The molecule has 160 valence electrons. The number of nitrogens with zero attached hydrogens (tertiary/aromatic N) is 1. The van der Waals surface area contributed by atoms with Gasteiger partial charge in [0.1, 0.15) is 0 Å². The summed E-state index contributed by atoms with van der Waals surface area (Å²) in [4.78, 5) is 29.5. The van der Waals surface area contributed by atoms with Crippen molar-refractivity contribution in [1.29, 1.82) is 0 Å². The number of carbonyl (C=O) groups is 2. The number of anilines is 1. The highest BCUT2D eigenvalue weighted by atomic mass is 16.2. The minimum Gasteiger partial charge on any atom is -0.366 e. The summed E-state index contributed by atoms with van der Waals surface area (Å²) in [7, 11) is 0. The summed E-state index contributed by atoms with van der Waals surface area (Å²) in [5.74, 6) is -0.780. The molecular formula is C27H25N3O2. The SMILES string of the molecule is CCC(Cc1ccccc1)C(=O)Nc1ccc(-c2ccc3ncccc3c2)c(C(N)=O)c1. The highest BCUT2D eigenvalue weighted by molar-refractivity contribution is 6.03. The first-order chi connectivity index (χ1) is 15.5. The van der Waals surface area contributed by atoms with Crippen LogP contribution in [0.15, 0.2) is 85.1 Å². The standard InChI is InChI=1S/C27H25N3O2/c1-2-19(15-18-7-4-3-5-8-18)27(32)30-22-11-12-23(24(17-22)26(28)31)20-10-13-25-21(16-20)9-6-14-29-25/h3-14,16-17,19H,2,15H2,1H3,(H2,28,31)(H,30,32). The third kappa shape index (κ3) is 4.67. The lowest BCUT2D eigenvalue weighted by atomic mass is 9.95. The number of rotatable bonds is 7. The number of carbonyl (C=O) groups excluding carboxylic acids is 2. The summed E-state index contributed by atoms with van der Waals surface area (Å²) in [5.41, 5.74) is 10.2. The van der Waals surface area contributed by atoms with E-state index in [-0.39, 0.29) is 11.8 Å². The zero-order valence-corrected chi connectivity index (χ0v) is 17.9. The fourth-order valence-electron chi connectivity index (χ4n) is 3.89. The summed E-state index contributed by atoms with van der Waals surface area (Å²) in [5, 5.41) is 3.94. The van der Waals surface area contributed by atoms with Gasteiger partial charge in [0.2, 0.25) is 11.8 Å². The Bertz CT molecular complexity index is 1270. The largest absolute Gasteiger partial charge is 0.366 e. The molecule has 4 aromatic rings. The molecule has 0 saturated heterocycles. The molecule has 1 aromatic heterocycles. The molecule has 2 amide bonds. The van der Waals surface area contributed by atoms with Gasteiger partial charge in [-0.25, -0.2) is 0 Å². The molecule has 0 radical (unpaired) electrons. The van der Waals surface area contributed by atoms with Gasteiger partial charge in [-0.05, 0) is 59.9 Å². The summed E-state index contributed by atoms with van der Waals surface area (Å²) < 4.78 is 0. The fourth-order valence-corrected chi connectivity index (χ4v) is 3.89. The molecule has 1 unspecified atom stereocenters. The summed E-state index contributed by atoms with van der Waals surface area (Å²) in [6.45, 7) is 2.00. The molecule has 0 saturated carbocycles. The fraction of sp³-hybridized carbons (Fsp3) is 0.148. The van der Waals surface area contributed by atoms with Crippen molar-refractivity contribution in [3.05, 3.63) is 96.2 Å². The van der Waals surface area contributed by atoms with Crippen LogP contribution in [0.4, 0.5) is 5.69 Å². The molecule has 3 N–H and O–H groups in total. The Morgan fingerprint density at radius 1 is 0.969 bits per heavy atom. The summed E-state index contributed by atoms with van der Waals surface area (Å²) in [6, 6.07) is 24.9. The predicted octanol–water partition coefficient (Wildman–Crippen LogP) is 5.21. The van der Waals surface area contributed by atoms with Crippen LogP contribution in [0.2, 0.25) is 0 Å². The monoisotopic (exact) mass is 423 g/mol. The molecule has 0 aliphatic rings. The zero-order chi connectivity index (χ0) is 22.5. The van der Waals surface area contributed by atoms with Gasteiger partial charge in [0.15, 0.2) is 0 Å². The molecule has 5 heteroatoms. The van der Waals surface area contributed by atoms with Gasteiger partial charge in [0.05, 0.1) is 5.52 Å². The third-order valence-corrected chi connectivity index (χ3v) is 5.66. The van der Waals surface area contributed by atoms with Crippen LogP contribution in [0.3, 0.4) is 0 Å². The normalized spacial score (nSPS) is 11.8. The van der Waals surface area contributed by atoms with E-state index in [9.17, 15) is 9.59 Å². The number of amides is 2. The molecule has 0 aliphatic heterocycles. The molecule has 4 rings (SSSR count). The van der Waals surface area contributed by atoms with Crippen molar-refractivity contribution in [2.24, 2.45) is 11.7 Å². The maximum atomic E-state index is 12.9. The van der Waals surface area contributed by atoms with Crippen molar-refractivity contribution in [1.82, 2.24) is 4.98 Å². The van der Waals surface area contributed by atoms with Crippen LogP contribution in [-0.2, 0) is 11.2 Å². The Morgan fingerprint density at radius 3 is 2.53 bits per heavy atom. The van der Waals surface area contributed by atoms with E-state index in [4.69, 9.17) is 5.73 Å². The highest BCUT2D eigenvalue weighted by Crippen LogP contribution is 2.29. The van der Waals surface area contributed by atoms with Gasteiger partial charge in [0.25, 0.3) is 0 Å². The lowest BCUT2D eigenvalue weighted by Gasteiger charge is -2.16. The number of hydrogen-bond acceptors (Lipinski definition) is 3. The Morgan fingerprint density at radius 2 is 1.78 bits per heavy atom. The number of nitrogens with one attached hydrogen (secondary N) is 1. The average molecular weight is 424 g/mol. The molecule has 3 aromatic carbocycles. The quantitative estimate of drug-likeness (QED) is 0.428. The van der Waals surface area contributed by atoms with Gasteiger partial charge in [-0.3, -0.25) is 14.6 Å². The van der Waals surface area contributed by atoms with Crippen molar-refractivity contribution < 1.29 is 9.59 Å². The topological polar surface area (TPSA) is 85.1 Å². The van der Waals surface area contributed by atoms with Crippen LogP contribution >= 0.6 is 0 Å². The van der Waals surface area contributed by atoms with Crippen LogP contribution in [0.25, 0.3) is 22.0 Å². The van der Waals surface area contributed by atoms with E-state index in [0.717, 1.165) is 27.6 Å².